The molecule has 0 radical (unpaired) electrons. The summed E-state index contributed by atoms with van der Waals surface area (Å²) in [5, 5.41) is 12.8. The van der Waals surface area contributed by atoms with Crippen LogP contribution in [0.4, 0.5) is 0 Å². The fourth-order valence-electron chi connectivity index (χ4n) is 0.516. The molecular formula is C6H13N3O3. The van der Waals surface area contributed by atoms with E-state index in [2.05, 4.69) is 10.6 Å². The number of hydrogen-bond donors (Lipinski definition) is 4. The molecule has 0 aromatic rings. The van der Waals surface area contributed by atoms with Crippen molar-refractivity contribution in [2.75, 3.05) is 26.2 Å². The molecule has 0 rings (SSSR count). The van der Waals surface area contributed by atoms with Crippen molar-refractivity contribution in [3.63, 3.8) is 0 Å². The van der Waals surface area contributed by atoms with Gasteiger partial charge >= 0.3 is 11.8 Å². The van der Waals surface area contributed by atoms with E-state index in [0.29, 0.717) is 6.54 Å². The first-order valence-corrected chi connectivity index (χ1v) is 3.59. The minimum Gasteiger partial charge on any atom is -0.395 e. The molecule has 6 heteroatoms. The second-order valence-corrected chi connectivity index (χ2v) is 2.02. The molecule has 0 fully saturated rings. The average molecular weight is 175 g/mol. The number of carbonyl (C=O) groups is 2. The Labute approximate surface area is 70.1 Å². The highest BCUT2D eigenvalue weighted by Gasteiger charge is 2.10. The Balaban J connectivity index is 3.55. The summed E-state index contributed by atoms with van der Waals surface area (Å²) in [6.07, 6.45) is 0. The molecule has 0 aliphatic rings. The summed E-state index contributed by atoms with van der Waals surface area (Å²) in [5.41, 5.74) is 5.09. The van der Waals surface area contributed by atoms with Gasteiger partial charge in [0.25, 0.3) is 0 Å². The average Bonchev–Trinajstić information content (AvgIpc) is 2.10. The third-order valence-corrected chi connectivity index (χ3v) is 1.03. The van der Waals surface area contributed by atoms with Crippen LogP contribution < -0.4 is 16.4 Å². The number of hydrogen-bond acceptors (Lipinski definition) is 4. The molecule has 2 amide bonds. The lowest BCUT2D eigenvalue weighted by Gasteiger charge is -2.02. The molecule has 0 aliphatic heterocycles. The van der Waals surface area contributed by atoms with Crippen LogP contribution in [0.1, 0.15) is 0 Å². The van der Waals surface area contributed by atoms with Gasteiger partial charge in [0, 0.05) is 19.6 Å². The molecule has 0 aliphatic carbocycles. The van der Waals surface area contributed by atoms with E-state index in [1.165, 1.54) is 0 Å². The van der Waals surface area contributed by atoms with Gasteiger partial charge in [-0.15, -0.1) is 0 Å². The summed E-state index contributed by atoms with van der Waals surface area (Å²) in [6, 6.07) is 0. The van der Waals surface area contributed by atoms with Gasteiger partial charge in [0.1, 0.15) is 0 Å². The maximum Gasteiger partial charge on any atom is 0.309 e. The summed E-state index contributed by atoms with van der Waals surface area (Å²) in [4.78, 5) is 21.5. The first-order valence-electron chi connectivity index (χ1n) is 3.59. The van der Waals surface area contributed by atoms with Crippen molar-refractivity contribution in [3.8, 4) is 0 Å². The monoisotopic (exact) mass is 175 g/mol. The number of aliphatic hydroxyl groups is 1. The number of nitrogens with two attached hydrogens (primary N) is 1. The van der Waals surface area contributed by atoms with E-state index in [0.717, 1.165) is 0 Å². The van der Waals surface area contributed by atoms with Gasteiger partial charge in [-0.1, -0.05) is 0 Å². The number of rotatable bonds is 4. The Kier molecular flexibility index (Phi) is 5.94. The zero-order valence-electron chi connectivity index (χ0n) is 6.67. The van der Waals surface area contributed by atoms with Crippen LogP contribution in [0, 0.1) is 0 Å². The van der Waals surface area contributed by atoms with Crippen LogP contribution in [-0.2, 0) is 9.59 Å². The van der Waals surface area contributed by atoms with Crippen LogP contribution in [0.2, 0.25) is 0 Å². The van der Waals surface area contributed by atoms with Crippen molar-refractivity contribution < 1.29 is 14.7 Å². The lowest BCUT2D eigenvalue weighted by molar-refractivity contribution is -0.139. The van der Waals surface area contributed by atoms with Crippen LogP contribution >= 0.6 is 0 Å². The normalized spacial score (nSPS) is 9.17. The molecular weight excluding hydrogens is 162 g/mol. The third kappa shape index (κ3) is 4.64. The Morgan fingerprint density at radius 3 is 2.08 bits per heavy atom. The highest BCUT2D eigenvalue weighted by Crippen LogP contribution is 1.67. The topological polar surface area (TPSA) is 104 Å². The van der Waals surface area contributed by atoms with Crippen LogP contribution in [0.25, 0.3) is 0 Å². The van der Waals surface area contributed by atoms with Gasteiger partial charge in [-0.3, -0.25) is 9.59 Å². The predicted molar refractivity (Wildman–Crippen MR) is 42.2 cm³/mol. The van der Waals surface area contributed by atoms with Crippen LogP contribution in [0.3, 0.4) is 0 Å². The number of aliphatic hydroxyl groups excluding tert-OH is 1. The fraction of sp³-hybridized carbons (Fsp3) is 0.667. The van der Waals surface area contributed by atoms with Crippen molar-refractivity contribution in [1.29, 1.82) is 0 Å². The van der Waals surface area contributed by atoms with Crippen LogP contribution in [-0.4, -0.2) is 43.2 Å². The van der Waals surface area contributed by atoms with Crippen molar-refractivity contribution in [3.05, 3.63) is 0 Å². The molecule has 12 heavy (non-hydrogen) atoms. The maximum absolute atomic E-state index is 10.7. The first-order chi connectivity index (χ1) is 5.72. The molecule has 0 aromatic heterocycles. The smallest absolute Gasteiger partial charge is 0.309 e. The molecule has 0 heterocycles. The van der Waals surface area contributed by atoms with Crippen molar-refractivity contribution in [2.45, 2.75) is 0 Å². The molecule has 0 spiro atoms. The van der Waals surface area contributed by atoms with E-state index >= 15 is 0 Å². The van der Waals surface area contributed by atoms with E-state index in [-0.39, 0.29) is 19.7 Å². The van der Waals surface area contributed by atoms with Gasteiger partial charge < -0.3 is 21.5 Å². The van der Waals surface area contributed by atoms with E-state index in [1.54, 1.807) is 0 Å². The SMILES string of the molecule is NCCNC(=O)C(=O)NCCO. The van der Waals surface area contributed by atoms with Gasteiger partial charge in [-0.25, -0.2) is 0 Å². The minimum absolute atomic E-state index is 0.0783. The van der Waals surface area contributed by atoms with Gasteiger partial charge in [0.2, 0.25) is 0 Å². The second kappa shape index (κ2) is 6.56. The molecule has 0 bridgehead atoms. The quantitative estimate of drug-likeness (QED) is 0.346. The lowest BCUT2D eigenvalue weighted by Crippen LogP contribution is -2.42. The number of nitrogens with one attached hydrogen (secondary N) is 2. The van der Waals surface area contributed by atoms with Gasteiger partial charge in [0.05, 0.1) is 6.61 Å². The van der Waals surface area contributed by atoms with Gasteiger partial charge in [0.15, 0.2) is 0 Å². The lowest BCUT2D eigenvalue weighted by atomic mass is 10.5. The van der Waals surface area contributed by atoms with Gasteiger partial charge in [-0.2, -0.15) is 0 Å². The maximum atomic E-state index is 10.7. The zero-order chi connectivity index (χ0) is 9.40. The standard InChI is InChI=1S/C6H13N3O3/c7-1-2-8-5(11)6(12)9-3-4-10/h10H,1-4,7H2,(H,8,11)(H,9,12). The Morgan fingerprint density at radius 1 is 1.17 bits per heavy atom. The second-order valence-electron chi connectivity index (χ2n) is 2.02. The third-order valence-electron chi connectivity index (χ3n) is 1.03. The summed E-state index contributed by atoms with van der Waals surface area (Å²) in [5.74, 6) is -1.48. The molecule has 0 aromatic carbocycles. The highest BCUT2D eigenvalue weighted by molar-refractivity contribution is 6.35. The molecule has 0 unspecified atom stereocenters. The van der Waals surface area contributed by atoms with Gasteiger partial charge in [-0.05, 0) is 0 Å². The number of carbonyl (C=O) groups excluding carboxylic acids is 2. The molecule has 70 valence electrons. The van der Waals surface area contributed by atoms with E-state index in [1.807, 2.05) is 0 Å². The number of amides is 2. The van der Waals surface area contributed by atoms with E-state index < -0.39 is 11.8 Å². The van der Waals surface area contributed by atoms with Crippen molar-refractivity contribution >= 4 is 11.8 Å². The summed E-state index contributed by atoms with van der Waals surface area (Å²) in [7, 11) is 0. The molecule has 6 nitrogen and oxygen atoms in total. The summed E-state index contributed by atoms with van der Waals surface area (Å²) in [6.45, 7) is 0.454. The Bertz CT molecular complexity index is 142. The fourth-order valence-corrected chi connectivity index (χ4v) is 0.516. The molecule has 5 N–H and O–H groups in total. The largest absolute Gasteiger partial charge is 0.395 e. The summed E-state index contributed by atoms with van der Waals surface area (Å²) >= 11 is 0. The van der Waals surface area contributed by atoms with Crippen molar-refractivity contribution in [2.24, 2.45) is 5.73 Å². The zero-order valence-corrected chi connectivity index (χ0v) is 6.67. The minimum atomic E-state index is -0.752. The Morgan fingerprint density at radius 2 is 1.67 bits per heavy atom. The molecule has 0 saturated heterocycles. The highest BCUT2D eigenvalue weighted by atomic mass is 16.3. The molecule has 0 saturated carbocycles. The van der Waals surface area contributed by atoms with E-state index in [9.17, 15) is 9.59 Å². The van der Waals surface area contributed by atoms with Crippen LogP contribution in [0.15, 0.2) is 0 Å². The predicted octanol–water partition coefficient (Wildman–Crippen LogP) is -2.83. The Hall–Kier alpha value is -1.14. The first kappa shape index (κ1) is 10.9. The van der Waals surface area contributed by atoms with Crippen molar-refractivity contribution in [1.82, 2.24) is 10.6 Å². The van der Waals surface area contributed by atoms with E-state index in [4.69, 9.17) is 10.8 Å². The molecule has 0 atom stereocenters. The summed E-state index contributed by atoms with van der Waals surface area (Å²) < 4.78 is 0. The van der Waals surface area contributed by atoms with Crippen LogP contribution in [0.5, 0.6) is 0 Å².